The first kappa shape index (κ1) is 21.0. The Balaban J connectivity index is 1.14. The average molecular weight is 440 g/mol. The summed E-state index contributed by atoms with van der Waals surface area (Å²) in [6, 6.07) is 1.88. The van der Waals surface area contributed by atoms with Crippen molar-refractivity contribution in [3.63, 3.8) is 0 Å². The van der Waals surface area contributed by atoms with Gasteiger partial charge in [-0.25, -0.2) is 4.79 Å². The Labute approximate surface area is 186 Å². The van der Waals surface area contributed by atoms with Crippen LogP contribution in [0, 0.1) is 5.41 Å². The fourth-order valence-corrected chi connectivity index (χ4v) is 5.14. The fourth-order valence-electron chi connectivity index (χ4n) is 5.14. The van der Waals surface area contributed by atoms with Crippen molar-refractivity contribution in [2.45, 2.75) is 38.7 Å². The minimum Gasteiger partial charge on any atom is -0.456 e. The number of aliphatic hydroxyl groups excluding tert-OH is 1. The maximum absolute atomic E-state index is 11.7. The number of aromatic nitrogens is 5. The van der Waals surface area contributed by atoms with E-state index in [1.807, 2.05) is 13.0 Å². The molecule has 5 rings (SSSR count). The lowest BCUT2D eigenvalue weighted by Crippen LogP contribution is -2.47. The number of hydrogen-bond acceptors (Lipinski definition) is 9. The lowest BCUT2D eigenvalue weighted by Gasteiger charge is -2.47. The zero-order chi connectivity index (χ0) is 22.1. The zero-order valence-electron chi connectivity index (χ0n) is 18.4. The number of carbonyl (C=O) groups is 1. The van der Waals surface area contributed by atoms with E-state index < -0.39 is 6.10 Å². The van der Waals surface area contributed by atoms with Crippen molar-refractivity contribution < 1.29 is 14.6 Å². The summed E-state index contributed by atoms with van der Waals surface area (Å²) in [6.07, 6.45) is 8.86. The number of piperidine rings is 2. The molecule has 0 saturated carbocycles. The lowest BCUT2D eigenvalue weighted by atomic mass is 9.71. The van der Waals surface area contributed by atoms with Gasteiger partial charge in [0.2, 0.25) is 0 Å². The molecule has 1 spiro atoms. The van der Waals surface area contributed by atoms with E-state index in [0.717, 1.165) is 74.4 Å². The standard InChI is InChI=1S/C22H29N7O3/c1-16-19(14-32-21(16)31)28-8-4-22(5-9-28)2-6-27(7-3-22)13-20(30)17-10-18(12-23-11-17)29-15-24-25-26-29/h10-12,15,20,30H,2-9,13-14H2,1H3/t20-/m0/s1. The number of pyridine rings is 1. The third kappa shape index (κ3) is 4.12. The normalized spacial score (nSPS) is 22.4. The van der Waals surface area contributed by atoms with Crippen molar-refractivity contribution in [3.05, 3.63) is 41.6 Å². The van der Waals surface area contributed by atoms with Gasteiger partial charge in [-0.15, -0.1) is 5.10 Å². The van der Waals surface area contributed by atoms with Crippen LogP contribution in [0.1, 0.15) is 44.3 Å². The maximum Gasteiger partial charge on any atom is 0.335 e. The van der Waals surface area contributed by atoms with Gasteiger partial charge in [0, 0.05) is 31.4 Å². The smallest absolute Gasteiger partial charge is 0.335 e. The number of nitrogens with zero attached hydrogens (tertiary/aromatic N) is 7. The van der Waals surface area contributed by atoms with Crippen molar-refractivity contribution >= 4 is 5.97 Å². The number of cyclic esters (lactones) is 1. The predicted molar refractivity (Wildman–Crippen MR) is 114 cm³/mol. The van der Waals surface area contributed by atoms with Crippen LogP contribution >= 0.6 is 0 Å². The van der Waals surface area contributed by atoms with Crippen LogP contribution < -0.4 is 0 Å². The minimum absolute atomic E-state index is 0.175. The molecule has 3 aliphatic rings. The van der Waals surface area contributed by atoms with Crippen molar-refractivity contribution in [1.82, 2.24) is 35.0 Å². The molecule has 0 radical (unpaired) electrons. The number of carbonyl (C=O) groups excluding carboxylic acids is 1. The van der Waals surface area contributed by atoms with Crippen molar-refractivity contribution in [1.29, 1.82) is 0 Å². The number of likely N-dealkylation sites (tertiary alicyclic amines) is 2. The molecule has 0 amide bonds. The van der Waals surface area contributed by atoms with Crippen LogP contribution in [0.5, 0.6) is 0 Å². The van der Waals surface area contributed by atoms with E-state index in [4.69, 9.17) is 4.74 Å². The largest absolute Gasteiger partial charge is 0.456 e. The third-order valence-corrected chi connectivity index (χ3v) is 7.38. The Bertz CT molecular complexity index is 989. The van der Waals surface area contributed by atoms with Gasteiger partial charge in [-0.3, -0.25) is 4.98 Å². The Morgan fingerprint density at radius 2 is 1.91 bits per heavy atom. The van der Waals surface area contributed by atoms with Gasteiger partial charge in [-0.1, -0.05) is 0 Å². The highest BCUT2D eigenvalue weighted by atomic mass is 16.5. The van der Waals surface area contributed by atoms with E-state index in [2.05, 4.69) is 30.3 Å². The Morgan fingerprint density at radius 3 is 2.56 bits per heavy atom. The fraction of sp³-hybridized carbons (Fsp3) is 0.591. The Morgan fingerprint density at radius 1 is 1.16 bits per heavy atom. The summed E-state index contributed by atoms with van der Waals surface area (Å²) in [5.74, 6) is -0.175. The molecule has 2 saturated heterocycles. The second-order valence-corrected chi connectivity index (χ2v) is 9.18. The summed E-state index contributed by atoms with van der Waals surface area (Å²) >= 11 is 0. The number of ether oxygens (including phenoxy) is 1. The number of tetrazole rings is 1. The molecule has 0 unspecified atom stereocenters. The summed E-state index contributed by atoms with van der Waals surface area (Å²) in [6.45, 7) is 6.83. The third-order valence-electron chi connectivity index (χ3n) is 7.38. The lowest BCUT2D eigenvalue weighted by molar-refractivity contribution is -0.136. The molecule has 0 aromatic carbocycles. The van der Waals surface area contributed by atoms with Gasteiger partial charge in [0.1, 0.15) is 12.9 Å². The first-order valence-electron chi connectivity index (χ1n) is 11.2. The quantitative estimate of drug-likeness (QED) is 0.685. The number of rotatable bonds is 5. The molecule has 170 valence electrons. The van der Waals surface area contributed by atoms with E-state index in [0.29, 0.717) is 18.6 Å². The molecule has 1 N–H and O–H groups in total. The summed E-state index contributed by atoms with van der Waals surface area (Å²) in [7, 11) is 0. The number of aliphatic hydroxyl groups is 1. The first-order valence-corrected chi connectivity index (χ1v) is 11.2. The van der Waals surface area contributed by atoms with E-state index in [-0.39, 0.29) is 5.97 Å². The van der Waals surface area contributed by atoms with Crippen LogP contribution in [-0.2, 0) is 9.53 Å². The average Bonchev–Trinajstić information content (AvgIpc) is 3.47. The molecule has 0 aliphatic carbocycles. The predicted octanol–water partition coefficient (Wildman–Crippen LogP) is 1.10. The zero-order valence-corrected chi connectivity index (χ0v) is 18.4. The second kappa shape index (κ2) is 8.59. The van der Waals surface area contributed by atoms with E-state index >= 15 is 0 Å². The SMILES string of the molecule is CC1=C(N2CCC3(CCN(C[C@H](O)c4cncc(-n5cnnn5)c4)CC3)CC2)COC1=O. The number of β-amino-alcohol motifs (C(OH)–C–C–N with tert-alkyl or cyclic N) is 1. The highest BCUT2D eigenvalue weighted by Crippen LogP contribution is 2.42. The Hall–Kier alpha value is -2.85. The van der Waals surface area contributed by atoms with E-state index in [1.54, 1.807) is 12.4 Å². The number of hydrogen-bond donors (Lipinski definition) is 1. The first-order chi connectivity index (χ1) is 15.5. The van der Waals surface area contributed by atoms with Crippen molar-refractivity contribution in [2.75, 3.05) is 39.3 Å². The van der Waals surface area contributed by atoms with Crippen molar-refractivity contribution in [2.24, 2.45) is 5.41 Å². The second-order valence-electron chi connectivity index (χ2n) is 9.18. The van der Waals surface area contributed by atoms with Gasteiger partial charge in [0.05, 0.1) is 29.3 Å². The van der Waals surface area contributed by atoms with Crippen molar-refractivity contribution in [3.8, 4) is 5.69 Å². The molecule has 2 aromatic heterocycles. The molecule has 2 aromatic rings. The van der Waals surface area contributed by atoms with Crippen LogP contribution in [0.2, 0.25) is 0 Å². The number of esters is 1. The van der Waals surface area contributed by atoms with Crippen LogP contribution in [0.25, 0.3) is 5.69 Å². The van der Waals surface area contributed by atoms with Gasteiger partial charge in [-0.2, -0.15) is 4.68 Å². The van der Waals surface area contributed by atoms with Crippen LogP contribution in [-0.4, -0.2) is 85.4 Å². The van der Waals surface area contributed by atoms with Gasteiger partial charge in [0.25, 0.3) is 0 Å². The molecule has 32 heavy (non-hydrogen) atoms. The molecule has 3 aliphatic heterocycles. The van der Waals surface area contributed by atoms with Gasteiger partial charge >= 0.3 is 5.97 Å². The van der Waals surface area contributed by atoms with Crippen LogP contribution in [0.15, 0.2) is 36.1 Å². The molecule has 0 bridgehead atoms. The van der Waals surface area contributed by atoms with E-state index in [1.165, 1.54) is 11.0 Å². The van der Waals surface area contributed by atoms with Gasteiger partial charge < -0.3 is 19.6 Å². The highest BCUT2D eigenvalue weighted by molar-refractivity contribution is 5.90. The Kier molecular flexibility index (Phi) is 5.64. The van der Waals surface area contributed by atoms with Gasteiger partial charge in [0.15, 0.2) is 0 Å². The summed E-state index contributed by atoms with van der Waals surface area (Å²) in [5, 5.41) is 22.0. The monoisotopic (exact) mass is 439 g/mol. The molecule has 10 nitrogen and oxygen atoms in total. The maximum atomic E-state index is 11.7. The molecule has 1 atom stereocenters. The summed E-state index contributed by atoms with van der Waals surface area (Å²) in [4.78, 5) is 20.6. The summed E-state index contributed by atoms with van der Waals surface area (Å²) in [5.41, 5.74) is 3.71. The van der Waals surface area contributed by atoms with Crippen LogP contribution in [0.3, 0.4) is 0 Å². The van der Waals surface area contributed by atoms with Crippen LogP contribution in [0.4, 0.5) is 0 Å². The minimum atomic E-state index is -0.607. The van der Waals surface area contributed by atoms with E-state index in [9.17, 15) is 9.90 Å². The molecule has 5 heterocycles. The molecular formula is C22H29N7O3. The highest BCUT2D eigenvalue weighted by Gasteiger charge is 2.39. The summed E-state index contributed by atoms with van der Waals surface area (Å²) < 4.78 is 6.72. The molecule has 10 heteroatoms. The topological polar surface area (TPSA) is 110 Å². The molecular weight excluding hydrogens is 410 g/mol. The molecule has 2 fully saturated rings. The van der Waals surface area contributed by atoms with Gasteiger partial charge in [-0.05, 0) is 67.6 Å².